The molecule has 1 fully saturated rings. The van der Waals surface area contributed by atoms with Crippen LogP contribution in [0.25, 0.3) is 0 Å². The molecule has 0 atom stereocenters. The van der Waals surface area contributed by atoms with Crippen molar-refractivity contribution >= 4 is 0 Å². The molecular formula is C13H28N2O. The molecule has 0 heterocycles. The second kappa shape index (κ2) is 6.58. The van der Waals surface area contributed by atoms with E-state index in [1.165, 1.54) is 32.4 Å². The van der Waals surface area contributed by atoms with Crippen LogP contribution in [0.2, 0.25) is 0 Å². The highest BCUT2D eigenvalue weighted by Crippen LogP contribution is 2.49. The molecule has 0 aliphatic heterocycles. The summed E-state index contributed by atoms with van der Waals surface area (Å²) in [5.41, 5.74) is 6.24. The second-order valence-electron chi connectivity index (χ2n) is 5.66. The van der Waals surface area contributed by atoms with Gasteiger partial charge in [0.15, 0.2) is 0 Å². The van der Waals surface area contributed by atoms with Gasteiger partial charge < -0.3 is 15.4 Å². The fourth-order valence-electron chi connectivity index (χ4n) is 2.42. The zero-order chi connectivity index (χ0) is 12.0. The summed E-state index contributed by atoms with van der Waals surface area (Å²) in [7, 11) is 1.78. The molecule has 3 heteroatoms. The molecule has 1 aliphatic carbocycles. The molecule has 1 saturated carbocycles. The molecule has 0 aromatic rings. The molecule has 0 spiro atoms. The SMILES string of the molecule is COCCN(CC(C)C)CC1(CCN)CC1. The van der Waals surface area contributed by atoms with E-state index in [2.05, 4.69) is 18.7 Å². The number of rotatable bonds is 9. The van der Waals surface area contributed by atoms with Gasteiger partial charge in [0.05, 0.1) is 6.61 Å². The minimum atomic E-state index is 0.553. The lowest BCUT2D eigenvalue weighted by Crippen LogP contribution is -2.36. The molecule has 0 bridgehead atoms. The average Bonchev–Trinajstić information content (AvgIpc) is 2.94. The minimum absolute atomic E-state index is 0.553. The van der Waals surface area contributed by atoms with Crippen molar-refractivity contribution in [1.29, 1.82) is 0 Å². The Bertz CT molecular complexity index is 190. The monoisotopic (exact) mass is 228 g/mol. The van der Waals surface area contributed by atoms with Gasteiger partial charge in [-0.1, -0.05) is 13.8 Å². The molecule has 16 heavy (non-hydrogen) atoms. The van der Waals surface area contributed by atoms with Gasteiger partial charge in [0.25, 0.3) is 0 Å². The first-order valence-corrected chi connectivity index (χ1v) is 6.53. The number of nitrogens with two attached hydrogens (primary N) is 1. The molecule has 0 aromatic heterocycles. The molecule has 2 N–H and O–H groups in total. The van der Waals surface area contributed by atoms with E-state index in [1.807, 2.05) is 0 Å². The van der Waals surface area contributed by atoms with Crippen molar-refractivity contribution in [3.05, 3.63) is 0 Å². The van der Waals surface area contributed by atoms with Crippen LogP contribution in [0.1, 0.15) is 33.1 Å². The lowest BCUT2D eigenvalue weighted by Gasteiger charge is -2.28. The summed E-state index contributed by atoms with van der Waals surface area (Å²) in [6, 6.07) is 0. The fourth-order valence-corrected chi connectivity index (χ4v) is 2.42. The van der Waals surface area contributed by atoms with E-state index < -0.39 is 0 Å². The third kappa shape index (κ3) is 4.81. The van der Waals surface area contributed by atoms with E-state index in [0.29, 0.717) is 5.41 Å². The predicted molar refractivity (Wildman–Crippen MR) is 68.5 cm³/mol. The smallest absolute Gasteiger partial charge is 0.0589 e. The maximum atomic E-state index is 5.69. The Morgan fingerprint density at radius 2 is 2.06 bits per heavy atom. The Kier molecular flexibility index (Phi) is 5.73. The lowest BCUT2D eigenvalue weighted by atomic mass is 10.0. The summed E-state index contributed by atoms with van der Waals surface area (Å²) in [5, 5.41) is 0. The van der Waals surface area contributed by atoms with Crippen LogP contribution in [0, 0.1) is 11.3 Å². The van der Waals surface area contributed by atoms with Crippen molar-refractivity contribution in [2.75, 3.05) is 39.9 Å². The summed E-state index contributed by atoms with van der Waals surface area (Å²) in [4.78, 5) is 2.55. The third-order valence-corrected chi connectivity index (χ3v) is 3.43. The quantitative estimate of drug-likeness (QED) is 0.653. The molecule has 96 valence electrons. The van der Waals surface area contributed by atoms with Crippen LogP contribution in [0.5, 0.6) is 0 Å². The first kappa shape index (κ1) is 13.9. The van der Waals surface area contributed by atoms with Crippen LogP contribution in [0.15, 0.2) is 0 Å². The molecule has 0 aromatic carbocycles. The average molecular weight is 228 g/mol. The van der Waals surface area contributed by atoms with Crippen molar-refractivity contribution in [2.24, 2.45) is 17.1 Å². The van der Waals surface area contributed by atoms with Crippen LogP contribution < -0.4 is 5.73 Å². The van der Waals surface area contributed by atoms with Crippen LogP contribution in [0.3, 0.4) is 0 Å². The van der Waals surface area contributed by atoms with Gasteiger partial charge in [0, 0.05) is 26.7 Å². The third-order valence-electron chi connectivity index (χ3n) is 3.43. The molecule has 0 saturated heterocycles. The summed E-state index contributed by atoms with van der Waals surface area (Å²) in [6.45, 7) is 9.68. The molecule has 3 nitrogen and oxygen atoms in total. The Balaban J connectivity index is 2.36. The van der Waals surface area contributed by atoms with E-state index >= 15 is 0 Å². The van der Waals surface area contributed by atoms with Gasteiger partial charge in [-0.05, 0) is 37.1 Å². The largest absolute Gasteiger partial charge is 0.383 e. The summed E-state index contributed by atoms with van der Waals surface area (Å²) in [5.74, 6) is 0.727. The van der Waals surface area contributed by atoms with Crippen molar-refractivity contribution in [3.8, 4) is 0 Å². The number of hydrogen-bond acceptors (Lipinski definition) is 3. The topological polar surface area (TPSA) is 38.5 Å². The predicted octanol–water partition coefficient (Wildman–Crippen LogP) is 1.72. The van der Waals surface area contributed by atoms with Gasteiger partial charge >= 0.3 is 0 Å². The standard InChI is InChI=1S/C13H28N2O/c1-12(2)10-15(8-9-16-3)11-13(4-5-13)6-7-14/h12H,4-11,14H2,1-3H3. The Morgan fingerprint density at radius 1 is 1.38 bits per heavy atom. The zero-order valence-corrected chi connectivity index (χ0v) is 11.2. The summed E-state index contributed by atoms with van der Waals surface area (Å²) >= 11 is 0. The van der Waals surface area contributed by atoms with E-state index in [4.69, 9.17) is 10.5 Å². The number of ether oxygens (including phenoxy) is 1. The van der Waals surface area contributed by atoms with Gasteiger partial charge in [-0.25, -0.2) is 0 Å². The minimum Gasteiger partial charge on any atom is -0.383 e. The number of methoxy groups -OCH3 is 1. The van der Waals surface area contributed by atoms with Gasteiger partial charge in [0.1, 0.15) is 0 Å². The maximum Gasteiger partial charge on any atom is 0.0589 e. The number of hydrogen-bond donors (Lipinski definition) is 1. The molecule has 0 unspecified atom stereocenters. The summed E-state index contributed by atoms with van der Waals surface area (Å²) < 4.78 is 5.18. The molecular weight excluding hydrogens is 200 g/mol. The normalized spacial score (nSPS) is 18.4. The molecule has 1 aliphatic rings. The number of nitrogens with zero attached hydrogens (tertiary/aromatic N) is 1. The highest BCUT2D eigenvalue weighted by molar-refractivity contribution is 4.95. The highest BCUT2D eigenvalue weighted by Gasteiger charge is 2.42. The van der Waals surface area contributed by atoms with Crippen molar-refractivity contribution in [3.63, 3.8) is 0 Å². The molecule has 1 rings (SSSR count). The van der Waals surface area contributed by atoms with Crippen molar-refractivity contribution in [1.82, 2.24) is 4.90 Å². The van der Waals surface area contributed by atoms with Crippen LogP contribution in [-0.4, -0.2) is 44.8 Å². The second-order valence-corrected chi connectivity index (χ2v) is 5.66. The Labute approximate surface area is 100 Å². The lowest BCUT2D eigenvalue weighted by molar-refractivity contribution is 0.123. The Morgan fingerprint density at radius 3 is 2.50 bits per heavy atom. The highest BCUT2D eigenvalue weighted by atomic mass is 16.5. The zero-order valence-electron chi connectivity index (χ0n) is 11.2. The van der Waals surface area contributed by atoms with Crippen LogP contribution >= 0.6 is 0 Å². The van der Waals surface area contributed by atoms with Gasteiger partial charge in [-0.2, -0.15) is 0 Å². The van der Waals surface area contributed by atoms with Gasteiger partial charge in [-0.15, -0.1) is 0 Å². The first-order chi connectivity index (χ1) is 7.62. The molecule has 0 amide bonds. The molecule has 0 radical (unpaired) electrons. The van der Waals surface area contributed by atoms with Gasteiger partial charge in [0.2, 0.25) is 0 Å². The summed E-state index contributed by atoms with van der Waals surface area (Å²) in [6.07, 6.45) is 3.92. The van der Waals surface area contributed by atoms with E-state index in [-0.39, 0.29) is 0 Å². The van der Waals surface area contributed by atoms with E-state index in [9.17, 15) is 0 Å². The van der Waals surface area contributed by atoms with Crippen molar-refractivity contribution < 1.29 is 4.74 Å². The van der Waals surface area contributed by atoms with Crippen LogP contribution in [-0.2, 0) is 4.74 Å². The first-order valence-electron chi connectivity index (χ1n) is 6.53. The Hall–Kier alpha value is -0.120. The van der Waals surface area contributed by atoms with Gasteiger partial charge in [-0.3, -0.25) is 0 Å². The van der Waals surface area contributed by atoms with Crippen molar-refractivity contribution in [2.45, 2.75) is 33.1 Å². The maximum absolute atomic E-state index is 5.69. The van der Waals surface area contributed by atoms with Crippen LogP contribution in [0.4, 0.5) is 0 Å². The van der Waals surface area contributed by atoms with E-state index in [1.54, 1.807) is 7.11 Å². The fraction of sp³-hybridized carbons (Fsp3) is 1.00. The van der Waals surface area contributed by atoms with E-state index in [0.717, 1.165) is 25.6 Å².